The van der Waals surface area contributed by atoms with Gasteiger partial charge >= 0.3 is 5.97 Å². The van der Waals surface area contributed by atoms with Crippen LogP contribution in [0.1, 0.15) is 63.5 Å². The number of hydrogen-bond donors (Lipinski definition) is 6. The number of aliphatic hydroxyl groups excluding tert-OH is 1. The summed E-state index contributed by atoms with van der Waals surface area (Å²) in [6.07, 6.45) is 2.16. The van der Waals surface area contributed by atoms with E-state index in [9.17, 15) is 29.7 Å². The van der Waals surface area contributed by atoms with Crippen LogP contribution in [0.5, 0.6) is 11.5 Å². The molecule has 0 bridgehead atoms. The van der Waals surface area contributed by atoms with Crippen LogP contribution in [0.4, 0.5) is 0 Å². The van der Waals surface area contributed by atoms with Crippen molar-refractivity contribution in [3.05, 3.63) is 177 Å². The largest absolute Gasteiger partial charge is 0.506 e. The summed E-state index contributed by atoms with van der Waals surface area (Å²) in [5.41, 5.74) is 2.11. The minimum Gasteiger partial charge on any atom is -0.506 e. The van der Waals surface area contributed by atoms with E-state index in [2.05, 4.69) is 44.8 Å². The minimum absolute atomic E-state index is 0.0564. The molecule has 62 heavy (non-hydrogen) atoms. The number of carbonyl (C=O) groups is 2. The van der Waals surface area contributed by atoms with Crippen molar-refractivity contribution in [2.75, 3.05) is 45.9 Å². The van der Waals surface area contributed by atoms with E-state index in [1.54, 1.807) is 72.8 Å². The summed E-state index contributed by atoms with van der Waals surface area (Å²) in [4.78, 5) is 43.4. The van der Waals surface area contributed by atoms with Gasteiger partial charge in [-0.2, -0.15) is 0 Å². The first-order chi connectivity index (χ1) is 30.2. The van der Waals surface area contributed by atoms with Gasteiger partial charge in [-0.15, -0.1) is 0 Å². The van der Waals surface area contributed by atoms with Crippen molar-refractivity contribution in [3.8, 4) is 11.5 Å². The van der Waals surface area contributed by atoms with Gasteiger partial charge in [0.25, 0.3) is 5.91 Å². The number of rotatable bonds is 19. The molecule has 1 fully saturated rings. The molecule has 1 amide bonds. The topological polar surface area (TPSA) is 173 Å². The number of ether oxygens (including phenoxy) is 2. The zero-order valence-corrected chi connectivity index (χ0v) is 34.7. The van der Waals surface area contributed by atoms with E-state index >= 15 is 0 Å². The number of aromatic hydroxyl groups is 1. The van der Waals surface area contributed by atoms with Crippen molar-refractivity contribution in [2.24, 2.45) is 5.92 Å². The van der Waals surface area contributed by atoms with Crippen molar-refractivity contribution in [1.29, 1.82) is 0 Å². The van der Waals surface area contributed by atoms with Gasteiger partial charge in [0.2, 0.25) is 11.2 Å². The summed E-state index contributed by atoms with van der Waals surface area (Å²) in [6, 6.07) is 39.5. The molecule has 12 nitrogen and oxygen atoms in total. The van der Waals surface area contributed by atoms with Crippen LogP contribution in [-0.4, -0.2) is 83.0 Å². The molecule has 6 N–H and O–H groups in total. The van der Waals surface area contributed by atoms with Gasteiger partial charge in [0.15, 0.2) is 0 Å². The van der Waals surface area contributed by atoms with E-state index in [-0.39, 0.29) is 36.3 Å². The molecular formula is C50H54N4O8. The molecule has 6 aromatic rings. The van der Waals surface area contributed by atoms with Crippen LogP contribution >= 0.6 is 0 Å². The van der Waals surface area contributed by atoms with E-state index < -0.39 is 17.7 Å². The molecule has 322 valence electrons. The highest BCUT2D eigenvalue weighted by Crippen LogP contribution is 2.34. The van der Waals surface area contributed by atoms with Gasteiger partial charge in [0, 0.05) is 42.2 Å². The number of likely N-dealkylation sites (tertiary alicyclic amines) is 1. The Morgan fingerprint density at radius 1 is 0.823 bits per heavy atom. The van der Waals surface area contributed by atoms with Gasteiger partial charge in [-0.05, 0) is 110 Å². The Hall–Kier alpha value is -6.31. The molecule has 2 atom stereocenters. The van der Waals surface area contributed by atoms with Gasteiger partial charge in [-0.25, -0.2) is 4.79 Å². The number of phenolic OH excluding ortho intramolecular Hbond substituents is 1. The highest BCUT2D eigenvalue weighted by molar-refractivity contribution is 5.94. The zero-order chi connectivity index (χ0) is 43.3. The van der Waals surface area contributed by atoms with E-state index in [1.807, 2.05) is 24.3 Å². The van der Waals surface area contributed by atoms with E-state index in [1.165, 1.54) is 17.7 Å². The van der Waals surface area contributed by atoms with Gasteiger partial charge in [-0.1, -0.05) is 91.0 Å². The lowest BCUT2D eigenvalue weighted by molar-refractivity contribution is -0.164. The smallest absolute Gasteiger partial charge is 0.347 e. The van der Waals surface area contributed by atoms with Crippen LogP contribution in [-0.2, 0) is 28.1 Å². The molecule has 0 aliphatic carbocycles. The van der Waals surface area contributed by atoms with Crippen LogP contribution in [0.3, 0.4) is 0 Å². The first kappa shape index (κ1) is 43.8. The lowest BCUT2D eigenvalue weighted by Crippen LogP contribution is -2.40. The fourth-order valence-electron chi connectivity index (χ4n) is 7.86. The highest BCUT2D eigenvalue weighted by atomic mass is 16.5. The van der Waals surface area contributed by atoms with Crippen molar-refractivity contribution >= 4 is 22.8 Å². The standard InChI is InChI=1S/C50H54N4O8/c55-44-21-19-42(43-20-22-46(57)53-47(43)44)45(56)32-51-27-23-35-15-17-38(18-16-35)48(58)52-26-8-30-61-41-14-7-13-40(31-41)50(60,39-11-5-2-6-12-39)49(59)62-34-37-24-28-54(29-25-37)33-36-9-3-1-4-10-36/h1-7,9-22,31,37,45,51,55-56,60H,8,23-30,32-34H2,(H,52,58)(H,53,57)/t45-,50-/m0/s1. The number of benzene rings is 5. The number of aromatic amines is 1. The number of esters is 1. The third-order valence-electron chi connectivity index (χ3n) is 11.4. The van der Waals surface area contributed by atoms with Crippen molar-refractivity contribution in [3.63, 3.8) is 0 Å². The van der Waals surface area contributed by atoms with Crippen molar-refractivity contribution in [1.82, 2.24) is 20.5 Å². The third kappa shape index (κ3) is 11.1. The number of aliphatic hydroxyl groups is 2. The SMILES string of the molecule is O=C(NCCCOc1cccc([C@](O)(C(=O)OCC2CCN(Cc3ccccc3)CC2)c2ccccc2)c1)c1ccc(CCNC[C@H](O)c2ccc(O)c3[nH]c(=O)ccc23)cc1. The molecule has 5 aromatic carbocycles. The Balaban J connectivity index is 0.839. The van der Waals surface area contributed by atoms with Crippen LogP contribution < -0.4 is 20.9 Å². The predicted molar refractivity (Wildman–Crippen MR) is 238 cm³/mol. The lowest BCUT2D eigenvalue weighted by Gasteiger charge is -2.33. The van der Waals surface area contributed by atoms with E-state index in [0.29, 0.717) is 71.4 Å². The highest BCUT2D eigenvalue weighted by Gasteiger charge is 2.42. The number of pyridine rings is 1. The minimum atomic E-state index is -2.04. The second-order valence-corrected chi connectivity index (χ2v) is 15.8. The van der Waals surface area contributed by atoms with Crippen molar-refractivity contribution < 1.29 is 34.4 Å². The maximum Gasteiger partial charge on any atom is 0.347 e. The maximum atomic E-state index is 13.8. The van der Waals surface area contributed by atoms with Crippen molar-refractivity contribution in [2.45, 2.75) is 43.9 Å². The Morgan fingerprint density at radius 2 is 1.55 bits per heavy atom. The molecule has 1 saturated heterocycles. The van der Waals surface area contributed by atoms with Gasteiger partial charge in [0.1, 0.15) is 11.5 Å². The number of amides is 1. The fraction of sp³-hybridized carbons (Fsp3) is 0.300. The molecular weight excluding hydrogens is 785 g/mol. The average Bonchev–Trinajstić information content (AvgIpc) is 3.30. The second kappa shape index (κ2) is 21.0. The third-order valence-corrected chi connectivity index (χ3v) is 11.4. The van der Waals surface area contributed by atoms with Gasteiger partial charge in [0.05, 0.1) is 24.8 Å². The molecule has 2 heterocycles. The van der Waals surface area contributed by atoms with Crippen LogP contribution in [0.2, 0.25) is 0 Å². The summed E-state index contributed by atoms with van der Waals surface area (Å²) >= 11 is 0. The summed E-state index contributed by atoms with van der Waals surface area (Å²) < 4.78 is 11.9. The number of piperidine rings is 1. The van der Waals surface area contributed by atoms with Gasteiger partial charge in [-0.3, -0.25) is 14.5 Å². The average molecular weight is 839 g/mol. The first-order valence-corrected chi connectivity index (χ1v) is 21.2. The number of H-pyrrole nitrogens is 1. The van der Waals surface area contributed by atoms with Gasteiger partial charge < -0.3 is 40.4 Å². The Morgan fingerprint density at radius 3 is 2.31 bits per heavy atom. The number of hydrogen-bond acceptors (Lipinski definition) is 10. The molecule has 0 saturated carbocycles. The van der Waals surface area contributed by atoms with Crippen LogP contribution in [0.15, 0.2) is 138 Å². The zero-order valence-electron chi connectivity index (χ0n) is 34.7. The van der Waals surface area contributed by atoms with E-state index in [0.717, 1.165) is 38.0 Å². The molecule has 7 rings (SSSR count). The van der Waals surface area contributed by atoms with E-state index in [4.69, 9.17) is 9.47 Å². The molecule has 1 aliphatic heterocycles. The molecule has 12 heteroatoms. The number of aromatic nitrogens is 1. The number of phenols is 1. The molecule has 1 aliphatic rings. The quantitative estimate of drug-likeness (QED) is 0.0421. The first-order valence-electron chi connectivity index (χ1n) is 21.2. The Labute approximate surface area is 361 Å². The Kier molecular flexibility index (Phi) is 14.8. The summed E-state index contributed by atoms with van der Waals surface area (Å²) in [6.45, 7) is 4.50. The number of fused-ring (bicyclic) bond motifs is 1. The normalized spacial score (nSPS) is 14.8. The number of nitrogens with one attached hydrogen (secondary N) is 3. The van der Waals surface area contributed by atoms with Crippen LogP contribution in [0.25, 0.3) is 10.9 Å². The number of carbonyl (C=O) groups excluding carboxylic acids is 2. The number of nitrogens with zero attached hydrogens (tertiary/aromatic N) is 1. The fourth-order valence-corrected chi connectivity index (χ4v) is 7.86. The Bertz CT molecular complexity index is 2450. The lowest BCUT2D eigenvalue weighted by atomic mass is 9.86. The molecule has 0 spiro atoms. The summed E-state index contributed by atoms with van der Waals surface area (Å²) in [7, 11) is 0. The predicted octanol–water partition coefficient (Wildman–Crippen LogP) is 5.99. The molecule has 0 radical (unpaired) electrons. The van der Waals surface area contributed by atoms with Crippen LogP contribution in [0, 0.1) is 5.92 Å². The summed E-state index contributed by atoms with van der Waals surface area (Å²) in [5.74, 6) is -0.297. The maximum absolute atomic E-state index is 13.8. The summed E-state index contributed by atoms with van der Waals surface area (Å²) in [5, 5.41) is 39.8. The molecule has 1 aromatic heterocycles. The molecule has 0 unspecified atom stereocenters. The second-order valence-electron chi connectivity index (χ2n) is 15.8. The monoisotopic (exact) mass is 838 g/mol.